The van der Waals surface area contributed by atoms with Crippen molar-refractivity contribution in [3.63, 3.8) is 0 Å². The standard InChI is InChI=1S/C15H25F3O4/c1-4-6-7-12(5-2)10-21-13(19)8-9-14(20)22-11(3)15(16,17)18/h11-12H,4-10H2,1-3H3. The second-order valence-electron chi connectivity index (χ2n) is 5.27. The fourth-order valence-corrected chi connectivity index (χ4v) is 1.71. The number of hydrogen-bond donors (Lipinski definition) is 0. The highest BCUT2D eigenvalue weighted by Crippen LogP contribution is 2.22. The van der Waals surface area contributed by atoms with Crippen LogP contribution in [0.4, 0.5) is 13.2 Å². The molecule has 2 atom stereocenters. The number of halogens is 3. The van der Waals surface area contributed by atoms with Crippen molar-refractivity contribution in [2.45, 2.75) is 71.6 Å². The van der Waals surface area contributed by atoms with Gasteiger partial charge in [-0.3, -0.25) is 9.59 Å². The fraction of sp³-hybridized carbons (Fsp3) is 0.867. The first-order valence-corrected chi connectivity index (χ1v) is 7.62. The summed E-state index contributed by atoms with van der Waals surface area (Å²) in [6, 6.07) is 0. The summed E-state index contributed by atoms with van der Waals surface area (Å²) in [5, 5.41) is 0. The van der Waals surface area contributed by atoms with Crippen LogP contribution >= 0.6 is 0 Å². The molecule has 0 spiro atoms. The molecule has 0 fully saturated rings. The number of carbonyl (C=O) groups is 2. The normalized spacial score (nSPS) is 14.3. The second-order valence-corrected chi connectivity index (χ2v) is 5.27. The number of carbonyl (C=O) groups excluding carboxylic acids is 2. The third-order valence-electron chi connectivity index (χ3n) is 3.33. The highest BCUT2D eigenvalue weighted by atomic mass is 19.4. The molecule has 0 aromatic carbocycles. The molecule has 0 aromatic heterocycles. The van der Waals surface area contributed by atoms with E-state index in [1.807, 2.05) is 6.92 Å². The van der Waals surface area contributed by atoms with E-state index in [9.17, 15) is 22.8 Å². The summed E-state index contributed by atoms with van der Waals surface area (Å²) in [5.74, 6) is -1.37. The Balaban J connectivity index is 3.95. The van der Waals surface area contributed by atoms with E-state index in [1.54, 1.807) is 0 Å². The predicted octanol–water partition coefficient (Wildman–Crippen LogP) is 4.02. The van der Waals surface area contributed by atoms with E-state index in [-0.39, 0.29) is 18.9 Å². The molecule has 130 valence electrons. The average Bonchev–Trinajstić information content (AvgIpc) is 2.44. The van der Waals surface area contributed by atoms with E-state index < -0.39 is 30.6 Å². The van der Waals surface area contributed by atoms with Gasteiger partial charge in [-0.25, -0.2) is 0 Å². The lowest BCUT2D eigenvalue weighted by Crippen LogP contribution is -2.31. The van der Waals surface area contributed by atoms with E-state index in [4.69, 9.17) is 4.74 Å². The van der Waals surface area contributed by atoms with Crippen LogP contribution < -0.4 is 0 Å². The number of ether oxygens (including phenoxy) is 2. The van der Waals surface area contributed by atoms with Gasteiger partial charge in [-0.15, -0.1) is 0 Å². The van der Waals surface area contributed by atoms with Gasteiger partial charge in [0.15, 0.2) is 6.10 Å². The van der Waals surface area contributed by atoms with Gasteiger partial charge in [-0.2, -0.15) is 13.2 Å². The Hall–Kier alpha value is -1.27. The minimum atomic E-state index is -4.59. The van der Waals surface area contributed by atoms with Crippen LogP contribution in [-0.4, -0.2) is 30.8 Å². The van der Waals surface area contributed by atoms with Crippen LogP contribution in [0.15, 0.2) is 0 Å². The molecule has 0 bridgehead atoms. The minimum Gasteiger partial charge on any atom is -0.465 e. The third kappa shape index (κ3) is 9.63. The van der Waals surface area contributed by atoms with Gasteiger partial charge in [0, 0.05) is 0 Å². The Morgan fingerprint density at radius 3 is 2.18 bits per heavy atom. The summed E-state index contributed by atoms with van der Waals surface area (Å²) in [7, 11) is 0. The maximum absolute atomic E-state index is 12.2. The maximum atomic E-state index is 12.2. The van der Waals surface area contributed by atoms with Gasteiger partial charge in [0.2, 0.25) is 0 Å². The quantitative estimate of drug-likeness (QED) is 0.569. The summed E-state index contributed by atoms with van der Waals surface area (Å²) in [5.41, 5.74) is 0. The molecule has 2 unspecified atom stereocenters. The molecular weight excluding hydrogens is 301 g/mol. The highest BCUT2D eigenvalue weighted by Gasteiger charge is 2.39. The van der Waals surface area contributed by atoms with Crippen molar-refractivity contribution in [2.75, 3.05) is 6.61 Å². The molecule has 0 saturated heterocycles. The van der Waals surface area contributed by atoms with Crippen molar-refractivity contribution in [1.82, 2.24) is 0 Å². The summed E-state index contributed by atoms with van der Waals surface area (Å²) < 4.78 is 45.8. The minimum absolute atomic E-state index is 0.270. The lowest BCUT2D eigenvalue weighted by molar-refractivity contribution is -0.216. The summed E-state index contributed by atoms with van der Waals surface area (Å²) in [6.45, 7) is 5.11. The summed E-state index contributed by atoms with van der Waals surface area (Å²) in [4.78, 5) is 22.7. The van der Waals surface area contributed by atoms with Gasteiger partial charge in [0.1, 0.15) is 0 Å². The van der Waals surface area contributed by atoms with E-state index >= 15 is 0 Å². The van der Waals surface area contributed by atoms with Crippen molar-refractivity contribution < 1.29 is 32.2 Å². The Morgan fingerprint density at radius 1 is 1.09 bits per heavy atom. The van der Waals surface area contributed by atoms with Crippen LogP contribution in [0.1, 0.15) is 59.3 Å². The average molecular weight is 326 g/mol. The predicted molar refractivity (Wildman–Crippen MR) is 75.1 cm³/mol. The monoisotopic (exact) mass is 326 g/mol. The van der Waals surface area contributed by atoms with Crippen LogP contribution in [0.2, 0.25) is 0 Å². The Labute approximate surface area is 129 Å². The molecule has 0 amide bonds. The molecule has 0 aliphatic heterocycles. The lowest BCUT2D eigenvalue weighted by Gasteiger charge is -2.16. The molecule has 7 heteroatoms. The Kier molecular flexibility index (Phi) is 9.85. The topological polar surface area (TPSA) is 52.6 Å². The zero-order chi connectivity index (χ0) is 17.2. The second kappa shape index (κ2) is 10.5. The molecule has 4 nitrogen and oxygen atoms in total. The van der Waals surface area contributed by atoms with E-state index in [1.165, 1.54) is 0 Å². The molecular formula is C15H25F3O4. The van der Waals surface area contributed by atoms with Gasteiger partial charge in [-0.05, 0) is 19.3 Å². The smallest absolute Gasteiger partial charge is 0.425 e. The first-order valence-electron chi connectivity index (χ1n) is 7.62. The molecule has 0 aliphatic rings. The molecule has 0 aliphatic carbocycles. The Morgan fingerprint density at radius 2 is 1.68 bits per heavy atom. The maximum Gasteiger partial charge on any atom is 0.425 e. The summed E-state index contributed by atoms with van der Waals surface area (Å²) in [6.07, 6.45) is -3.48. The third-order valence-corrected chi connectivity index (χ3v) is 3.33. The van der Waals surface area contributed by atoms with E-state index in [0.717, 1.165) is 32.6 Å². The van der Waals surface area contributed by atoms with Crippen LogP contribution in [0.5, 0.6) is 0 Å². The number of alkyl halides is 3. The number of hydrogen-bond acceptors (Lipinski definition) is 4. The van der Waals surface area contributed by atoms with Crippen molar-refractivity contribution in [3.8, 4) is 0 Å². The van der Waals surface area contributed by atoms with Crippen molar-refractivity contribution in [1.29, 1.82) is 0 Å². The van der Waals surface area contributed by atoms with Gasteiger partial charge < -0.3 is 9.47 Å². The molecule has 22 heavy (non-hydrogen) atoms. The molecule has 0 heterocycles. The first-order chi connectivity index (χ1) is 10.2. The van der Waals surface area contributed by atoms with Crippen LogP contribution in [0, 0.1) is 5.92 Å². The zero-order valence-electron chi connectivity index (χ0n) is 13.4. The molecule has 0 rings (SSSR count). The van der Waals surface area contributed by atoms with Crippen molar-refractivity contribution in [3.05, 3.63) is 0 Å². The largest absolute Gasteiger partial charge is 0.465 e. The SMILES string of the molecule is CCCCC(CC)COC(=O)CCC(=O)OC(C)C(F)(F)F. The lowest BCUT2D eigenvalue weighted by atomic mass is 10.0. The van der Waals surface area contributed by atoms with Crippen LogP contribution in [0.25, 0.3) is 0 Å². The van der Waals surface area contributed by atoms with Crippen molar-refractivity contribution >= 4 is 11.9 Å². The van der Waals surface area contributed by atoms with Gasteiger partial charge >= 0.3 is 18.1 Å². The number of rotatable bonds is 10. The van der Waals surface area contributed by atoms with Crippen LogP contribution in [-0.2, 0) is 19.1 Å². The molecule has 0 radical (unpaired) electrons. The highest BCUT2D eigenvalue weighted by molar-refractivity contribution is 5.77. The molecule has 0 N–H and O–H groups in total. The van der Waals surface area contributed by atoms with E-state index in [2.05, 4.69) is 11.7 Å². The first kappa shape index (κ1) is 20.7. The number of esters is 2. The number of unbranched alkanes of at least 4 members (excludes halogenated alkanes) is 1. The van der Waals surface area contributed by atoms with Gasteiger partial charge in [-0.1, -0.05) is 33.1 Å². The summed E-state index contributed by atoms with van der Waals surface area (Å²) >= 11 is 0. The zero-order valence-corrected chi connectivity index (χ0v) is 13.4. The van der Waals surface area contributed by atoms with Gasteiger partial charge in [0.05, 0.1) is 19.4 Å². The van der Waals surface area contributed by atoms with Crippen LogP contribution in [0.3, 0.4) is 0 Å². The Bertz CT molecular complexity index is 342. The van der Waals surface area contributed by atoms with E-state index in [0.29, 0.717) is 0 Å². The molecule has 0 saturated carbocycles. The van der Waals surface area contributed by atoms with Gasteiger partial charge in [0.25, 0.3) is 0 Å². The van der Waals surface area contributed by atoms with Crippen molar-refractivity contribution in [2.24, 2.45) is 5.92 Å². The fourth-order valence-electron chi connectivity index (χ4n) is 1.71. The molecule has 0 aromatic rings.